The van der Waals surface area contributed by atoms with Crippen LogP contribution in [0.1, 0.15) is 40.3 Å². The normalized spacial score (nSPS) is 12.5. The third kappa shape index (κ3) is 2.70. The number of para-hydroxylation sites is 1. The molecule has 1 aromatic heterocycles. The molecule has 0 aliphatic rings. The smallest absolute Gasteiger partial charge is 0.195 e. The van der Waals surface area contributed by atoms with Crippen molar-refractivity contribution in [2.24, 2.45) is 0 Å². The average Bonchev–Trinajstić information content (AvgIpc) is 2.89. The quantitative estimate of drug-likeness (QED) is 0.582. The van der Waals surface area contributed by atoms with E-state index in [-0.39, 0.29) is 5.78 Å². The number of carbonyl (C=O) groups excluding carboxylic acids is 1. The fourth-order valence-corrected chi connectivity index (χ4v) is 4.05. The highest BCUT2D eigenvalue weighted by Crippen LogP contribution is 2.35. The van der Waals surface area contributed by atoms with Crippen LogP contribution in [0.2, 0.25) is 0 Å². The first kappa shape index (κ1) is 15.9. The Bertz CT molecular complexity index is 831. The summed E-state index contributed by atoms with van der Waals surface area (Å²) in [6, 6.07) is 17.8. The second-order valence-electron chi connectivity index (χ2n) is 5.64. The summed E-state index contributed by atoms with van der Waals surface area (Å²) >= 11 is 1.82. The van der Waals surface area contributed by atoms with Gasteiger partial charge in [0, 0.05) is 22.2 Å². The molecule has 0 saturated heterocycles. The molecule has 3 aromatic rings. The monoisotopic (exact) mass is 323 g/mol. The predicted molar refractivity (Wildman–Crippen MR) is 99.4 cm³/mol. The first-order valence-electron chi connectivity index (χ1n) is 7.91. The Morgan fingerprint density at radius 1 is 1.09 bits per heavy atom. The van der Waals surface area contributed by atoms with Gasteiger partial charge in [-0.3, -0.25) is 4.79 Å². The first-order chi connectivity index (χ1) is 11.2. The molecule has 0 bridgehead atoms. The molecule has 0 aliphatic carbocycles. The zero-order valence-corrected chi connectivity index (χ0v) is 14.6. The van der Waals surface area contributed by atoms with Crippen LogP contribution in [0.5, 0.6) is 0 Å². The molecule has 0 fully saturated rings. The van der Waals surface area contributed by atoms with E-state index in [0.717, 1.165) is 34.1 Å². The van der Waals surface area contributed by atoms with Crippen LogP contribution in [0, 0.1) is 6.92 Å². The molecular formula is C20H21NOS. The van der Waals surface area contributed by atoms with E-state index in [9.17, 15) is 4.79 Å². The van der Waals surface area contributed by atoms with E-state index in [4.69, 9.17) is 0 Å². The van der Waals surface area contributed by atoms with E-state index in [2.05, 4.69) is 36.8 Å². The van der Waals surface area contributed by atoms with Gasteiger partial charge in [0.05, 0.1) is 10.9 Å². The first-order valence-corrected chi connectivity index (χ1v) is 9.19. The summed E-state index contributed by atoms with van der Waals surface area (Å²) in [5, 5.41) is 1.39. The highest BCUT2D eigenvalue weighted by Gasteiger charge is 2.23. The van der Waals surface area contributed by atoms with Gasteiger partial charge in [-0.1, -0.05) is 55.5 Å². The molecule has 0 aliphatic heterocycles. The summed E-state index contributed by atoms with van der Waals surface area (Å²) in [4.78, 5) is 13.1. The van der Waals surface area contributed by atoms with Gasteiger partial charge in [-0.05, 0) is 25.7 Å². The minimum absolute atomic E-state index is 0.106. The lowest BCUT2D eigenvalue weighted by molar-refractivity contribution is 0.103. The average molecular weight is 323 g/mol. The molecule has 0 amide bonds. The maximum atomic E-state index is 13.1. The third-order valence-corrected chi connectivity index (χ3v) is 5.42. The van der Waals surface area contributed by atoms with Crippen LogP contribution in [-0.4, -0.2) is 16.6 Å². The van der Waals surface area contributed by atoms with E-state index in [1.807, 2.05) is 54.2 Å². The van der Waals surface area contributed by atoms with Gasteiger partial charge in [0.2, 0.25) is 0 Å². The maximum absolute atomic E-state index is 13.1. The number of rotatable bonds is 5. The Kier molecular flexibility index (Phi) is 4.58. The van der Waals surface area contributed by atoms with Crippen LogP contribution in [0.3, 0.4) is 0 Å². The summed E-state index contributed by atoms with van der Waals surface area (Å²) in [7, 11) is 0. The standard InChI is InChI=1S/C20H21NOS/c1-4-18(23-3)21-14(2)19(16-12-8-9-13-17(16)21)20(22)15-10-6-5-7-11-15/h5-13,18H,4H2,1-3H3. The van der Waals surface area contributed by atoms with Crippen LogP contribution >= 0.6 is 11.8 Å². The van der Waals surface area contributed by atoms with Crippen molar-refractivity contribution >= 4 is 28.4 Å². The molecule has 2 aromatic carbocycles. The third-order valence-electron chi connectivity index (χ3n) is 4.33. The van der Waals surface area contributed by atoms with E-state index in [0.29, 0.717) is 5.37 Å². The summed E-state index contributed by atoms with van der Waals surface area (Å²) in [6.45, 7) is 4.25. The molecule has 118 valence electrons. The number of fused-ring (bicyclic) bond motifs is 1. The van der Waals surface area contributed by atoms with Gasteiger partial charge in [-0.2, -0.15) is 0 Å². The minimum atomic E-state index is 0.106. The lowest BCUT2D eigenvalue weighted by Gasteiger charge is -2.18. The highest BCUT2D eigenvalue weighted by atomic mass is 32.2. The Labute approximate surface area is 141 Å². The van der Waals surface area contributed by atoms with Gasteiger partial charge in [0.25, 0.3) is 0 Å². The van der Waals surface area contributed by atoms with E-state index in [1.165, 1.54) is 0 Å². The number of benzene rings is 2. The number of ketones is 1. The van der Waals surface area contributed by atoms with Crippen LogP contribution in [-0.2, 0) is 0 Å². The molecule has 3 rings (SSSR count). The van der Waals surface area contributed by atoms with E-state index in [1.54, 1.807) is 0 Å². The van der Waals surface area contributed by atoms with Crippen molar-refractivity contribution in [3.8, 4) is 0 Å². The minimum Gasteiger partial charge on any atom is -0.332 e. The van der Waals surface area contributed by atoms with Crippen LogP contribution in [0.15, 0.2) is 54.6 Å². The molecule has 23 heavy (non-hydrogen) atoms. The SMILES string of the molecule is CCC(SC)n1c(C)c(C(=O)c2ccccc2)c2ccccc21. The Hall–Kier alpha value is -2.00. The number of hydrogen-bond donors (Lipinski definition) is 0. The maximum Gasteiger partial charge on any atom is 0.195 e. The number of nitrogens with zero attached hydrogens (tertiary/aromatic N) is 1. The van der Waals surface area contributed by atoms with Crippen molar-refractivity contribution in [1.82, 2.24) is 4.57 Å². The molecular weight excluding hydrogens is 302 g/mol. The van der Waals surface area contributed by atoms with Crippen molar-refractivity contribution < 1.29 is 4.79 Å². The molecule has 1 atom stereocenters. The lowest BCUT2D eigenvalue weighted by atomic mass is 10.0. The summed E-state index contributed by atoms with van der Waals surface area (Å²) in [5.74, 6) is 0.106. The van der Waals surface area contributed by atoms with Gasteiger partial charge in [0.1, 0.15) is 0 Å². The van der Waals surface area contributed by atoms with Gasteiger partial charge < -0.3 is 4.57 Å². The molecule has 0 N–H and O–H groups in total. The van der Waals surface area contributed by atoms with Crippen LogP contribution in [0.4, 0.5) is 0 Å². The fraction of sp³-hybridized carbons (Fsp3) is 0.250. The number of aromatic nitrogens is 1. The lowest BCUT2D eigenvalue weighted by Crippen LogP contribution is -2.08. The Morgan fingerprint density at radius 3 is 2.39 bits per heavy atom. The Balaban J connectivity index is 2.26. The summed E-state index contributed by atoms with van der Waals surface area (Å²) in [5.41, 5.74) is 3.78. The molecule has 0 saturated carbocycles. The summed E-state index contributed by atoms with van der Waals surface area (Å²) < 4.78 is 2.32. The highest BCUT2D eigenvalue weighted by molar-refractivity contribution is 7.98. The molecule has 3 heteroatoms. The number of hydrogen-bond acceptors (Lipinski definition) is 2. The molecule has 2 nitrogen and oxygen atoms in total. The summed E-state index contributed by atoms with van der Waals surface area (Å²) in [6.07, 6.45) is 3.15. The van der Waals surface area contributed by atoms with Crippen molar-refractivity contribution in [2.45, 2.75) is 25.6 Å². The zero-order valence-electron chi connectivity index (χ0n) is 13.7. The number of thioether (sulfide) groups is 1. The van der Waals surface area contributed by atoms with Gasteiger partial charge in [-0.25, -0.2) is 0 Å². The second-order valence-corrected chi connectivity index (χ2v) is 6.66. The molecule has 1 unspecified atom stereocenters. The fourth-order valence-electron chi connectivity index (χ4n) is 3.24. The van der Waals surface area contributed by atoms with Crippen molar-refractivity contribution in [2.75, 3.05) is 6.26 Å². The van der Waals surface area contributed by atoms with Crippen molar-refractivity contribution in [3.05, 3.63) is 71.4 Å². The van der Waals surface area contributed by atoms with Gasteiger partial charge in [0.15, 0.2) is 5.78 Å². The second kappa shape index (κ2) is 6.63. The van der Waals surface area contributed by atoms with E-state index < -0.39 is 0 Å². The van der Waals surface area contributed by atoms with Crippen LogP contribution < -0.4 is 0 Å². The van der Waals surface area contributed by atoms with Crippen molar-refractivity contribution in [1.29, 1.82) is 0 Å². The van der Waals surface area contributed by atoms with Gasteiger partial charge in [-0.15, -0.1) is 11.8 Å². The predicted octanol–water partition coefficient (Wildman–Crippen LogP) is 5.45. The van der Waals surface area contributed by atoms with Crippen LogP contribution in [0.25, 0.3) is 10.9 Å². The number of carbonyl (C=O) groups is 1. The van der Waals surface area contributed by atoms with Crippen molar-refractivity contribution in [3.63, 3.8) is 0 Å². The van der Waals surface area contributed by atoms with Gasteiger partial charge >= 0.3 is 0 Å². The zero-order chi connectivity index (χ0) is 16.4. The molecule has 1 heterocycles. The van der Waals surface area contributed by atoms with E-state index >= 15 is 0 Å². The molecule has 0 spiro atoms. The Morgan fingerprint density at radius 2 is 1.74 bits per heavy atom. The largest absolute Gasteiger partial charge is 0.332 e. The molecule has 0 radical (unpaired) electrons. The topological polar surface area (TPSA) is 22.0 Å².